The molecule has 119 valence electrons. The summed E-state index contributed by atoms with van der Waals surface area (Å²) in [6, 6.07) is 12.0. The summed E-state index contributed by atoms with van der Waals surface area (Å²) in [6.45, 7) is 4.30. The Labute approximate surface area is 139 Å². The van der Waals surface area contributed by atoms with Crippen molar-refractivity contribution >= 4 is 16.3 Å². The maximum absolute atomic E-state index is 11.8. The van der Waals surface area contributed by atoms with E-state index in [4.69, 9.17) is 4.74 Å². The summed E-state index contributed by atoms with van der Waals surface area (Å²) in [4.78, 5) is 11.8. The minimum atomic E-state index is -0.461. The molecular formula is C18H20NO3Si. The molecule has 0 spiro atoms. The molecule has 0 bridgehead atoms. The number of carbonyl (C=O) groups excluding carboxylic acids is 1. The molecule has 2 aromatic carbocycles. The van der Waals surface area contributed by atoms with E-state index in [2.05, 4.69) is 15.6 Å². The lowest BCUT2D eigenvalue weighted by molar-refractivity contribution is 0.200. The number of aryl methyl sites for hydroxylation is 2. The SMILES string of the molecule is Cc1ccc(-c2ccc(C)c(OC(=O)NCCC[Si])c2)cc1O. The molecule has 0 saturated heterocycles. The summed E-state index contributed by atoms with van der Waals surface area (Å²) >= 11 is 0. The molecule has 0 heterocycles. The molecule has 1 amide bonds. The Bertz CT molecular complexity index is 701. The van der Waals surface area contributed by atoms with Gasteiger partial charge in [0.1, 0.15) is 11.5 Å². The number of rotatable bonds is 5. The fraction of sp³-hybridized carbons (Fsp3) is 0.278. The number of nitrogens with one attached hydrogen (secondary N) is 1. The van der Waals surface area contributed by atoms with Gasteiger partial charge in [-0.2, -0.15) is 0 Å². The van der Waals surface area contributed by atoms with Crippen LogP contribution in [0.4, 0.5) is 4.79 Å². The maximum Gasteiger partial charge on any atom is 0.412 e. The van der Waals surface area contributed by atoms with Crippen molar-refractivity contribution in [1.29, 1.82) is 0 Å². The van der Waals surface area contributed by atoms with Crippen LogP contribution in [0, 0.1) is 13.8 Å². The standard InChI is InChI=1S/C18H20NO3Si/c1-12-4-6-14(10-16(12)20)15-7-5-13(2)17(11-15)22-18(21)19-8-3-9-23/h4-7,10-11,20H,3,8-9H2,1-2H3,(H,19,21). The number of hydrogen-bond acceptors (Lipinski definition) is 3. The first-order valence-corrected chi connectivity index (χ1v) is 8.23. The second-order valence-corrected chi connectivity index (χ2v) is 5.90. The molecule has 5 heteroatoms. The number of benzene rings is 2. The quantitative estimate of drug-likeness (QED) is 0.650. The zero-order valence-electron chi connectivity index (χ0n) is 13.3. The Kier molecular flexibility index (Phi) is 5.82. The molecule has 23 heavy (non-hydrogen) atoms. The first-order chi connectivity index (χ1) is 11.0. The van der Waals surface area contributed by atoms with Crippen LogP contribution < -0.4 is 10.1 Å². The highest BCUT2D eigenvalue weighted by molar-refractivity contribution is 6.08. The van der Waals surface area contributed by atoms with E-state index in [-0.39, 0.29) is 5.75 Å². The first-order valence-electron chi connectivity index (χ1n) is 7.52. The van der Waals surface area contributed by atoms with Crippen molar-refractivity contribution < 1.29 is 14.6 Å². The van der Waals surface area contributed by atoms with Gasteiger partial charge in [-0.15, -0.1) is 0 Å². The Morgan fingerprint density at radius 3 is 2.43 bits per heavy atom. The summed E-state index contributed by atoms with van der Waals surface area (Å²) in [6.07, 6.45) is 0.380. The molecule has 0 aliphatic heterocycles. The Morgan fingerprint density at radius 2 is 1.78 bits per heavy atom. The number of carbonyl (C=O) groups is 1. The average Bonchev–Trinajstić information content (AvgIpc) is 2.52. The lowest BCUT2D eigenvalue weighted by Crippen LogP contribution is -2.27. The van der Waals surface area contributed by atoms with Gasteiger partial charge in [0.25, 0.3) is 0 Å². The van der Waals surface area contributed by atoms with Crippen molar-refractivity contribution in [3.05, 3.63) is 47.5 Å². The van der Waals surface area contributed by atoms with Gasteiger partial charge in [0.05, 0.1) is 0 Å². The monoisotopic (exact) mass is 326 g/mol. The number of hydrogen-bond donors (Lipinski definition) is 2. The van der Waals surface area contributed by atoms with Crippen LogP contribution in [0.3, 0.4) is 0 Å². The van der Waals surface area contributed by atoms with E-state index >= 15 is 0 Å². The fourth-order valence-electron chi connectivity index (χ4n) is 2.09. The van der Waals surface area contributed by atoms with Crippen molar-refractivity contribution in [2.24, 2.45) is 0 Å². The minimum absolute atomic E-state index is 0.248. The third kappa shape index (κ3) is 4.60. The van der Waals surface area contributed by atoms with E-state index in [1.54, 1.807) is 6.07 Å². The van der Waals surface area contributed by atoms with Crippen molar-refractivity contribution in [1.82, 2.24) is 5.32 Å². The predicted octanol–water partition coefficient (Wildman–Crippen LogP) is 3.74. The van der Waals surface area contributed by atoms with Gasteiger partial charge in [0.15, 0.2) is 0 Å². The van der Waals surface area contributed by atoms with Gasteiger partial charge < -0.3 is 15.2 Å². The largest absolute Gasteiger partial charge is 0.508 e. The van der Waals surface area contributed by atoms with Gasteiger partial charge in [0.2, 0.25) is 0 Å². The zero-order valence-corrected chi connectivity index (χ0v) is 14.3. The fourth-order valence-corrected chi connectivity index (χ4v) is 2.27. The van der Waals surface area contributed by atoms with E-state index in [9.17, 15) is 9.90 Å². The van der Waals surface area contributed by atoms with Crippen molar-refractivity contribution in [2.45, 2.75) is 26.3 Å². The van der Waals surface area contributed by atoms with Crippen LogP contribution in [0.2, 0.25) is 6.04 Å². The zero-order chi connectivity index (χ0) is 16.8. The number of amides is 1. The van der Waals surface area contributed by atoms with E-state index in [1.807, 2.05) is 44.2 Å². The molecule has 0 atom stereocenters. The van der Waals surface area contributed by atoms with Crippen LogP contribution in [0.25, 0.3) is 11.1 Å². The van der Waals surface area contributed by atoms with Crippen LogP contribution >= 0.6 is 0 Å². The lowest BCUT2D eigenvalue weighted by Gasteiger charge is -2.11. The molecule has 2 rings (SSSR count). The van der Waals surface area contributed by atoms with Gasteiger partial charge in [-0.1, -0.05) is 30.3 Å². The molecule has 3 radical (unpaired) electrons. The summed E-state index contributed by atoms with van der Waals surface area (Å²) in [5.74, 6) is 0.760. The maximum atomic E-state index is 11.8. The smallest absolute Gasteiger partial charge is 0.412 e. The number of phenols is 1. The van der Waals surface area contributed by atoms with Crippen molar-refractivity contribution in [3.8, 4) is 22.6 Å². The Balaban J connectivity index is 2.18. The molecular weight excluding hydrogens is 306 g/mol. The lowest BCUT2D eigenvalue weighted by atomic mass is 10.0. The summed E-state index contributed by atoms with van der Waals surface area (Å²) in [5, 5.41) is 12.6. The highest BCUT2D eigenvalue weighted by atomic mass is 28.1. The van der Waals surface area contributed by atoms with Crippen LogP contribution in [0.15, 0.2) is 36.4 Å². The molecule has 0 fully saturated rings. The molecule has 2 aromatic rings. The molecule has 0 unspecified atom stereocenters. The van der Waals surface area contributed by atoms with E-state index in [0.29, 0.717) is 12.3 Å². The topological polar surface area (TPSA) is 58.6 Å². The summed E-state index contributed by atoms with van der Waals surface area (Å²) in [5.41, 5.74) is 3.45. The Morgan fingerprint density at radius 1 is 1.13 bits per heavy atom. The molecule has 0 aliphatic rings. The van der Waals surface area contributed by atoms with E-state index in [0.717, 1.165) is 34.7 Å². The van der Waals surface area contributed by atoms with E-state index in [1.165, 1.54) is 0 Å². The van der Waals surface area contributed by atoms with Crippen LogP contribution in [0.1, 0.15) is 17.5 Å². The number of ether oxygens (including phenoxy) is 1. The van der Waals surface area contributed by atoms with E-state index < -0.39 is 6.09 Å². The van der Waals surface area contributed by atoms with Crippen molar-refractivity contribution in [2.75, 3.05) is 6.54 Å². The number of aromatic hydroxyl groups is 1. The third-order valence-electron chi connectivity index (χ3n) is 3.56. The molecule has 0 aromatic heterocycles. The molecule has 2 N–H and O–H groups in total. The highest BCUT2D eigenvalue weighted by Crippen LogP contribution is 2.30. The third-order valence-corrected chi connectivity index (χ3v) is 3.91. The van der Waals surface area contributed by atoms with Gasteiger partial charge in [-0.25, -0.2) is 4.79 Å². The highest BCUT2D eigenvalue weighted by Gasteiger charge is 2.09. The summed E-state index contributed by atoms with van der Waals surface area (Å²) < 4.78 is 5.38. The van der Waals surface area contributed by atoms with Crippen LogP contribution in [-0.4, -0.2) is 28.0 Å². The normalized spacial score (nSPS) is 10.4. The van der Waals surface area contributed by atoms with Gasteiger partial charge in [0, 0.05) is 16.8 Å². The van der Waals surface area contributed by atoms with Crippen LogP contribution in [0.5, 0.6) is 11.5 Å². The average molecular weight is 326 g/mol. The molecule has 4 nitrogen and oxygen atoms in total. The second kappa shape index (κ2) is 7.83. The first kappa shape index (κ1) is 17.1. The Hall–Kier alpha value is -2.27. The van der Waals surface area contributed by atoms with Crippen molar-refractivity contribution in [3.63, 3.8) is 0 Å². The van der Waals surface area contributed by atoms with Crippen LogP contribution in [-0.2, 0) is 0 Å². The predicted molar refractivity (Wildman–Crippen MR) is 92.2 cm³/mol. The minimum Gasteiger partial charge on any atom is -0.508 e. The van der Waals surface area contributed by atoms with Gasteiger partial charge >= 0.3 is 6.09 Å². The number of phenolic OH excluding ortho intramolecular Hbond substituents is 1. The molecule has 0 aliphatic carbocycles. The van der Waals surface area contributed by atoms with Gasteiger partial charge in [-0.05, 0) is 54.7 Å². The second-order valence-electron chi connectivity index (χ2n) is 5.40. The van der Waals surface area contributed by atoms with Gasteiger partial charge in [-0.3, -0.25) is 0 Å². The summed E-state index contributed by atoms with van der Waals surface area (Å²) in [7, 11) is 3.36. The molecule has 0 saturated carbocycles.